The van der Waals surface area contributed by atoms with Gasteiger partial charge in [0.1, 0.15) is 10.6 Å². The van der Waals surface area contributed by atoms with Gasteiger partial charge in [0.15, 0.2) is 5.84 Å². The van der Waals surface area contributed by atoms with E-state index in [9.17, 15) is 18.5 Å². The second-order valence-corrected chi connectivity index (χ2v) is 9.73. The molecule has 156 valence electrons. The minimum atomic E-state index is -3.75. The number of hydrazone groups is 1. The quantitative estimate of drug-likeness (QED) is 0.706. The van der Waals surface area contributed by atoms with Gasteiger partial charge in [-0.15, -0.1) is 4.40 Å². The molecule has 0 saturated heterocycles. The fraction of sp³-hybridized carbons (Fsp3) is 0.300. The maximum atomic E-state index is 12.5. The minimum Gasteiger partial charge on any atom is -0.497 e. The molecular weight excluding hydrogens is 405 g/mol. The molecule has 0 bridgehead atoms. The van der Waals surface area contributed by atoms with Crippen LogP contribution in [-0.4, -0.2) is 55.8 Å². The van der Waals surface area contributed by atoms with Crippen LogP contribution in [0.25, 0.3) is 0 Å². The lowest BCUT2D eigenvalue weighted by Gasteiger charge is -2.36. The van der Waals surface area contributed by atoms with Crippen molar-refractivity contribution in [3.63, 3.8) is 0 Å². The molecule has 0 atom stereocenters. The average Bonchev–Trinajstić information content (AvgIpc) is 2.97. The molecule has 0 radical (unpaired) electrons. The zero-order valence-corrected chi connectivity index (χ0v) is 17.7. The van der Waals surface area contributed by atoms with Crippen LogP contribution >= 0.6 is 0 Å². The van der Waals surface area contributed by atoms with Crippen LogP contribution in [0, 0.1) is 5.41 Å². The van der Waals surface area contributed by atoms with E-state index >= 15 is 0 Å². The molecule has 0 spiro atoms. The summed E-state index contributed by atoms with van der Waals surface area (Å²) in [4.78, 5) is 0.183. The zero-order chi connectivity index (χ0) is 21.7. The largest absolute Gasteiger partial charge is 0.497 e. The number of fused-ring (bicyclic) bond motifs is 1. The van der Waals surface area contributed by atoms with Gasteiger partial charge in [-0.05, 0) is 30.0 Å². The van der Waals surface area contributed by atoms with E-state index < -0.39 is 17.1 Å². The van der Waals surface area contributed by atoms with Crippen molar-refractivity contribution < 1.29 is 23.2 Å². The van der Waals surface area contributed by atoms with Crippen LogP contribution in [0.5, 0.6) is 5.75 Å². The Morgan fingerprint density at radius 1 is 1.17 bits per heavy atom. The Morgan fingerprint density at radius 3 is 2.60 bits per heavy atom. The summed E-state index contributed by atoms with van der Waals surface area (Å²) in [6, 6.07) is 11.8. The Hall–Kier alpha value is -2.69. The molecule has 4 rings (SSSR count). The number of ether oxygens (including phenoxy) is 1. The molecule has 0 fully saturated rings. The molecule has 0 aliphatic carbocycles. The van der Waals surface area contributed by atoms with E-state index in [1.165, 1.54) is 7.11 Å². The third-order valence-electron chi connectivity index (χ3n) is 5.17. The highest BCUT2D eigenvalue weighted by Gasteiger charge is 2.37. The Labute approximate surface area is 175 Å². The van der Waals surface area contributed by atoms with Gasteiger partial charge in [-0.1, -0.05) is 38.1 Å². The number of nitrogens with zero attached hydrogens (tertiary/aromatic N) is 3. The third-order valence-corrected chi connectivity index (χ3v) is 6.49. The van der Waals surface area contributed by atoms with E-state index in [4.69, 9.17) is 9.84 Å². The maximum Gasteiger partial charge on any atom is 0.492 e. The number of hydrogen-bond donors (Lipinski definition) is 2. The first kappa shape index (κ1) is 20.6. The Balaban J connectivity index is 1.80. The maximum absolute atomic E-state index is 12.5. The predicted molar refractivity (Wildman–Crippen MR) is 115 cm³/mol. The molecule has 0 unspecified atom stereocenters. The predicted octanol–water partition coefficient (Wildman–Crippen LogP) is 0.960. The topological polar surface area (TPSA) is 112 Å². The first-order chi connectivity index (χ1) is 14.1. The first-order valence-corrected chi connectivity index (χ1v) is 10.9. The van der Waals surface area contributed by atoms with Crippen LogP contribution in [0.3, 0.4) is 0 Å². The highest BCUT2D eigenvalue weighted by molar-refractivity contribution is 7.90. The second kappa shape index (κ2) is 7.22. The van der Waals surface area contributed by atoms with Gasteiger partial charge in [0.2, 0.25) is 0 Å². The van der Waals surface area contributed by atoms with E-state index in [0.29, 0.717) is 30.1 Å². The van der Waals surface area contributed by atoms with Crippen LogP contribution in [0.4, 0.5) is 0 Å². The van der Waals surface area contributed by atoms with Crippen LogP contribution in [-0.2, 0) is 10.0 Å². The van der Waals surface area contributed by atoms with Gasteiger partial charge in [0.05, 0.1) is 12.8 Å². The lowest BCUT2D eigenvalue weighted by molar-refractivity contribution is 0.246. The SMILES string of the molecule is COc1cc(C2=NN(C3=NS(=O)(=O)c4ccccc43)CC(C)(C)C2)ccc1B(O)O. The van der Waals surface area contributed by atoms with E-state index in [1.807, 2.05) is 0 Å². The van der Waals surface area contributed by atoms with Crippen molar-refractivity contribution in [2.24, 2.45) is 14.9 Å². The van der Waals surface area contributed by atoms with Crippen molar-refractivity contribution in [2.75, 3.05) is 13.7 Å². The molecule has 2 aliphatic rings. The molecule has 2 aliphatic heterocycles. The fourth-order valence-electron chi connectivity index (χ4n) is 3.79. The number of benzene rings is 2. The molecule has 2 aromatic carbocycles. The number of methoxy groups -OCH3 is 1. The second-order valence-electron chi connectivity index (χ2n) is 8.16. The summed E-state index contributed by atoms with van der Waals surface area (Å²) in [5, 5.41) is 25.4. The lowest BCUT2D eigenvalue weighted by Crippen LogP contribution is -2.41. The van der Waals surface area contributed by atoms with E-state index in [1.54, 1.807) is 47.5 Å². The van der Waals surface area contributed by atoms with Crippen LogP contribution < -0.4 is 10.2 Å². The standard InChI is InChI=1S/C20H22BN3O5S/c1-20(2)11-16(13-8-9-15(21(25)26)17(10-13)29-3)22-24(12-20)19-14-6-4-5-7-18(14)30(27,28)23-19/h4-10,25-26H,11-12H2,1-3H3. The number of rotatable bonds is 3. The molecule has 2 aromatic rings. The molecule has 2 heterocycles. The zero-order valence-electron chi connectivity index (χ0n) is 16.9. The van der Waals surface area contributed by atoms with Crippen LogP contribution in [0.15, 0.2) is 56.9 Å². The summed E-state index contributed by atoms with van der Waals surface area (Å²) in [7, 11) is -3.94. The molecule has 0 saturated carbocycles. The van der Waals surface area contributed by atoms with E-state index in [0.717, 1.165) is 11.3 Å². The van der Waals surface area contributed by atoms with Crippen molar-refractivity contribution in [2.45, 2.75) is 25.2 Å². The van der Waals surface area contributed by atoms with Crippen molar-refractivity contribution in [3.05, 3.63) is 53.6 Å². The number of sulfonamides is 1. The Morgan fingerprint density at radius 2 is 1.90 bits per heavy atom. The smallest absolute Gasteiger partial charge is 0.492 e. The monoisotopic (exact) mass is 427 g/mol. The third kappa shape index (κ3) is 3.62. The van der Waals surface area contributed by atoms with Crippen molar-refractivity contribution in [3.8, 4) is 5.75 Å². The van der Waals surface area contributed by atoms with Gasteiger partial charge in [-0.25, -0.2) is 5.01 Å². The van der Waals surface area contributed by atoms with E-state index in [-0.39, 0.29) is 15.8 Å². The van der Waals surface area contributed by atoms with Gasteiger partial charge in [0, 0.05) is 23.1 Å². The lowest BCUT2D eigenvalue weighted by atomic mass is 9.78. The first-order valence-electron chi connectivity index (χ1n) is 9.45. The highest BCUT2D eigenvalue weighted by atomic mass is 32.2. The van der Waals surface area contributed by atoms with Crippen LogP contribution in [0.1, 0.15) is 31.4 Å². The summed E-state index contributed by atoms with van der Waals surface area (Å²) in [6.45, 7) is 4.66. The van der Waals surface area contributed by atoms with Gasteiger partial charge >= 0.3 is 7.12 Å². The average molecular weight is 427 g/mol. The molecule has 30 heavy (non-hydrogen) atoms. The Bertz CT molecular complexity index is 1170. The number of amidine groups is 1. The normalized spacial score (nSPS) is 19.0. The number of hydrogen-bond acceptors (Lipinski definition) is 7. The fourth-order valence-corrected chi connectivity index (χ4v) is 5.00. The molecular formula is C20H22BN3O5S. The molecule has 0 amide bonds. The summed E-state index contributed by atoms with van der Waals surface area (Å²) in [5.74, 6) is 0.650. The summed E-state index contributed by atoms with van der Waals surface area (Å²) < 4.78 is 34.2. The highest BCUT2D eigenvalue weighted by Crippen LogP contribution is 2.34. The van der Waals surface area contributed by atoms with Crippen molar-refractivity contribution in [1.29, 1.82) is 0 Å². The van der Waals surface area contributed by atoms with Gasteiger partial charge in [-0.2, -0.15) is 13.5 Å². The molecule has 0 aromatic heterocycles. The van der Waals surface area contributed by atoms with Crippen molar-refractivity contribution in [1.82, 2.24) is 5.01 Å². The van der Waals surface area contributed by atoms with Gasteiger partial charge in [0.25, 0.3) is 10.0 Å². The summed E-state index contributed by atoms with van der Waals surface area (Å²) >= 11 is 0. The minimum absolute atomic E-state index is 0.183. The van der Waals surface area contributed by atoms with Gasteiger partial charge in [-0.3, -0.25) is 0 Å². The van der Waals surface area contributed by atoms with Gasteiger partial charge < -0.3 is 14.8 Å². The molecule has 2 N–H and O–H groups in total. The Kier molecular flexibility index (Phi) is 4.96. The van der Waals surface area contributed by atoms with Crippen molar-refractivity contribution >= 4 is 34.2 Å². The molecule has 10 heteroatoms. The molecule has 8 nitrogen and oxygen atoms in total. The summed E-state index contributed by atoms with van der Waals surface area (Å²) in [5.41, 5.74) is 2.07. The summed E-state index contributed by atoms with van der Waals surface area (Å²) in [6.07, 6.45) is 0.648. The van der Waals surface area contributed by atoms with Crippen LogP contribution in [0.2, 0.25) is 0 Å². The van der Waals surface area contributed by atoms with E-state index in [2.05, 4.69) is 18.2 Å².